The summed E-state index contributed by atoms with van der Waals surface area (Å²) in [7, 11) is 1.51. The lowest BCUT2D eigenvalue weighted by atomic mass is 10.1. The SMILES string of the molecule is COc1cccc(CC(=O)N(CCO)CC(F)F)c1. The molecule has 0 aromatic heterocycles. The molecule has 19 heavy (non-hydrogen) atoms. The summed E-state index contributed by atoms with van der Waals surface area (Å²) < 4.78 is 29.7. The van der Waals surface area contributed by atoms with Crippen LogP contribution in [0.5, 0.6) is 5.75 Å². The maximum atomic E-state index is 12.3. The summed E-state index contributed by atoms with van der Waals surface area (Å²) in [4.78, 5) is 12.8. The monoisotopic (exact) mass is 273 g/mol. The average Bonchev–Trinajstić information content (AvgIpc) is 2.38. The molecule has 0 aliphatic carbocycles. The van der Waals surface area contributed by atoms with E-state index in [-0.39, 0.29) is 19.6 Å². The molecule has 0 saturated carbocycles. The molecule has 1 amide bonds. The number of amides is 1. The molecule has 106 valence electrons. The smallest absolute Gasteiger partial charge is 0.255 e. The van der Waals surface area contributed by atoms with Gasteiger partial charge in [-0.1, -0.05) is 12.1 Å². The van der Waals surface area contributed by atoms with Crippen molar-refractivity contribution < 1.29 is 23.4 Å². The van der Waals surface area contributed by atoms with Crippen molar-refractivity contribution >= 4 is 5.91 Å². The van der Waals surface area contributed by atoms with Crippen molar-refractivity contribution in [2.45, 2.75) is 12.8 Å². The molecule has 4 nitrogen and oxygen atoms in total. The second-order valence-corrected chi connectivity index (χ2v) is 3.98. The first-order valence-electron chi connectivity index (χ1n) is 5.86. The first-order chi connectivity index (χ1) is 9.06. The zero-order chi connectivity index (χ0) is 14.3. The molecule has 0 spiro atoms. The van der Waals surface area contributed by atoms with E-state index in [2.05, 4.69) is 0 Å². The van der Waals surface area contributed by atoms with Gasteiger partial charge in [-0.05, 0) is 17.7 Å². The molecule has 1 rings (SSSR count). The summed E-state index contributed by atoms with van der Waals surface area (Å²) in [6, 6.07) is 6.86. The number of carbonyl (C=O) groups excluding carboxylic acids is 1. The molecule has 6 heteroatoms. The molecule has 0 saturated heterocycles. The lowest BCUT2D eigenvalue weighted by molar-refractivity contribution is -0.133. The Morgan fingerprint density at radius 1 is 1.47 bits per heavy atom. The lowest BCUT2D eigenvalue weighted by Gasteiger charge is -2.21. The standard InChI is InChI=1S/C13H17F2NO3/c1-19-11-4-2-3-10(7-11)8-13(18)16(5-6-17)9-12(14)15/h2-4,7,12,17H,5-6,8-9H2,1H3. The van der Waals surface area contributed by atoms with Gasteiger partial charge in [0.2, 0.25) is 5.91 Å². The fourth-order valence-electron chi connectivity index (χ4n) is 1.67. The van der Waals surface area contributed by atoms with Crippen molar-refractivity contribution in [1.82, 2.24) is 4.90 Å². The van der Waals surface area contributed by atoms with Gasteiger partial charge in [-0.2, -0.15) is 0 Å². The van der Waals surface area contributed by atoms with Crippen LogP contribution in [0.2, 0.25) is 0 Å². The third-order valence-electron chi connectivity index (χ3n) is 2.57. The summed E-state index contributed by atoms with van der Waals surface area (Å²) in [6.45, 7) is -1.09. The maximum absolute atomic E-state index is 12.3. The number of hydrogen-bond donors (Lipinski definition) is 1. The first kappa shape index (κ1) is 15.4. The lowest BCUT2D eigenvalue weighted by Crippen LogP contribution is -2.38. The Labute approximate surface area is 110 Å². The number of nitrogens with zero attached hydrogens (tertiary/aromatic N) is 1. The van der Waals surface area contributed by atoms with Crippen LogP contribution < -0.4 is 4.74 Å². The van der Waals surface area contributed by atoms with Crippen molar-refractivity contribution in [3.63, 3.8) is 0 Å². The van der Waals surface area contributed by atoms with Crippen LogP contribution in [-0.4, -0.2) is 49.1 Å². The van der Waals surface area contributed by atoms with Gasteiger partial charge >= 0.3 is 0 Å². The van der Waals surface area contributed by atoms with Crippen molar-refractivity contribution in [2.75, 3.05) is 26.8 Å². The van der Waals surface area contributed by atoms with Gasteiger partial charge in [-0.25, -0.2) is 8.78 Å². The summed E-state index contributed by atoms with van der Waals surface area (Å²) in [6.07, 6.45) is -2.61. The van der Waals surface area contributed by atoms with E-state index in [1.807, 2.05) is 0 Å². The predicted molar refractivity (Wildman–Crippen MR) is 66.4 cm³/mol. The molecule has 0 fully saturated rings. The van der Waals surface area contributed by atoms with Gasteiger partial charge in [-0.15, -0.1) is 0 Å². The van der Waals surface area contributed by atoms with E-state index in [1.165, 1.54) is 7.11 Å². The molecule has 1 aromatic rings. The van der Waals surface area contributed by atoms with E-state index in [9.17, 15) is 13.6 Å². The van der Waals surface area contributed by atoms with Gasteiger partial charge in [0, 0.05) is 6.54 Å². The fourth-order valence-corrected chi connectivity index (χ4v) is 1.67. The Hall–Kier alpha value is -1.69. The van der Waals surface area contributed by atoms with Gasteiger partial charge in [0.05, 0.1) is 26.7 Å². The fraction of sp³-hybridized carbons (Fsp3) is 0.462. The third kappa shape index (κ3) is 5.21. The van der Waals surface area contributed by atoms with Gasteiger partial charge in [0.15, 0.2) is 0 Å². The Morgan fingerprint density at radius 3 is 2.79 bits per heavy atom. The first-order valence-corrected chi connectivity index (χ1v) is 5.86. The van der Waals surface area contributed by atoms with Gasteiger partial charge in [-0.3, -0.25) is 4.79 Å². The maximum Gasteiger partial charge on any atom is 0.255 e. The molecule has 0 atom stereocenters. The molecule has 0 unspecified atom stereocenters. The number of rotatable bonds is 7. The normalized spacial score (nSPS) is 10.6. The van der Waals surface area contributed by atoms with E-state index in [4.69, 9.17) is 9.84 Å². The number of methoxy groups -OCH3 is 1. The molecule has 1 N–H and O–H groups in total. The molecule has 0 radical (unpaired) electrons. The van der Waals surface area contributed by atoms with Crippen LogP contribution >= 0.6 is 0 Å². The Bertz CT molecular complexity index is 413. The number of benzene rings is 1. The minimum Gasteiger partial charge on any atom is -0.497 e. The molecular formula is C13H17F2NO3. The number of hydrogen-bond acceptors (Lipinski definition) is 3. The minimum atomic E-state index is -2.61. The van der Waals surface area contributed by atoms with Crippen molar-refractivity contribution in [3.8, 4) is 5.75 Å². The van der Waals surface area contributed by atoms with E-state index >= 15 is 0 Å². The van der Waals surface area contributed by atoms with E-state index in [0.29, 0.717) is 11.3 Å². The topological polar surface area (TPSA) is 49.8 Å². The van der Waals surface area contributed by atoms with E-state index in [1.54, 1.807) is 24.3 Å². The van der Waals surface area contributed by atoms with Gasteiger partial charge in [0.25, 0.3) is 6.43 Å². The third-order valence-corrected chi connectivity index (χ3v) is 2.57. The summed E-state index contributed by atoms with van der Waals surface area (Å²) >= 11 is 0. The van der Waals surface area contributed by atoms with Crippen molar-refractivity contribution in [2.24, 2.45) is 0 Å². The molecule has 1 aromatic carbocycles. The number of halogens is 2. The molecule has 0 aliphatic rings. The molecule has 0 bridgehead atoms. The second kappa shape index (κ2) is 7.68. The highest BCUT2D eigenvalue weighted by Gasteiger charge is 2.18. The number of alkyl halides is 2. The zero-order valence-electron chi connectivity index (χ0n) is 10.7. The number of carbonyl (C=O) groups is 1. The van der Waals surface area contributed by atoms with Crippen LogP contribution in [0.25, 0.3) is 0 Å². The van der Waals surface area contributed by atoms with Crippen LogP contribution in [0.15, 0.2) is 24.3 Å². The molecule has 0 aliphatic heterocycles. The zero-order valence-corrected chi connectivity index (χ0v) is 10.7. The van der Waals surface area contributed by atoms with Gasteiger partial charge in [0.1, 0.15) is 5.75 Å². The highest BCUT2D eigenvalue weighted by molar-refractivity contribution is 5.78. The van der Waals surface area contributed by atoms with E-state index in [0.717, 1.165) is 4.90 Å². The van der Waals surface area contributed by atoms with Crippen molar-refractivity contribution in [3.05, 3.63) is 29.8 Å². The molecular weight excluding hydrogens is 256 g/mol. The number of ether oxygens (including phenoxy) is 1. The highest BCUT2D eigenvalue weighted by Crippen LogP contribution is 2.14. The summed E-state index contributed by atoms with van der Waals surface area (Å²) in [5.74, 6) is 0.162. The highest BCUT2D eigenvalue weighted by atomic mass is 19.3. The Balaban J connectivity index is 2.69. The quantitative estimate of drug-likeness (QED) is 0.815. The largest absolute Gasteiger partial charge is 0.497 e. The van der Waals surface area contributed by atoms with Gasteiger partial charge < -0.3 is 14.7 Å². The summed E-state index contributed by atoms with van der Waals surface area (Å²) in [5, 5.41) is 8.79. The van der Waals surface area contributed by atoms with Crippen LogP contribution in [0.3, 0.4) is 0 Å². The average molecular weight is 273 g/mol. The molecule has 0 heterocycles. The Morgan fingerprint density at radius 2 is 2.21 bits per heavy atom. The second-order valence-electron chi connectivity index (χ2n) is 3.98. The van der Waals surface area contributed by atoms with Crippen LogP contribution in [0.1, 0.15) is 5.56 Å². The summed E-state index contributed by atoms with van der Waals surface area (Å²) in [5.41, 5.74) is 0.682. The van der Waals surface area contributed by atoms with Crippen molar-refractivity contribution in [1.29, 1.82) is 0 Å². The van der Waals surface area contributed by atoms with Crippen LogP contribution in [0, 0.1) is 0 Å². The van der Waals surface area contributed by atoms with Crippen LogP contribution in [-0.2, 0) is 11.2 Å². The Kier molecular flexibility index (Phi) is 6.21. The predicted octanol–water partition coefficient (Wildman–Crippen LogP) is 1.32. The number of aliphatic hydroxyl groups is 1. The van der Waals surface area contributed by atoms with Crippen LogP contribution in [0.4, 0.5) is 8.78 Å². The minimum absolute atomic E-state index is 0.00389. The van der Waals surface area contributed by atoms with E-state index < -0.39 is 18.9 Å². The number of aliphatic hydroxyl groups excluding tert-OH is 1.